The number of Topliss-reactive ketones (excluding diaryl/α,β-unsaturated/α-hetero) is 1. The van der Waals surface area contributed by atoms with Crippen molar-refractivity contribution < 1.29 is 23.7 Å². The van der Waals surface area contributed by atoms with Crippen LogP contribution in [0.2, 0.25) is 0 Å². The average molecular weight is 535 g/mol. The molecule has 1 aromatic heterocycles. The lowest BCUT2D eigenvalue weighted by Crippen LogP contribution is -2.53. The Labute approximate surface area is 227 Å². The monoisotopic (exact) mass is 534 g/mol. The van der Waals surface area contributed by atoms with Gasteiger partial charge in [0.05, 0.1) is 25.3 Å². The van der Waals surface area contributed by atoms with E-state index >= 15 is 0 Å². The van der Waals surface area contributed by atoms with E-state index in [2.05, 4.69) is 10.5 Å². The lowest BCUT2D eigenvalue weighted by atomic mass is 10.0. The number of carbonyl (C=O) groups excluding carboxylic acids is 4. The SMILES string of the molecule is CC(C)C[C@H](NC(=O)c1ccc(N(C)C)cc1)C(=O)N1CC[C@@H]2[C@H]1C(=O)CN2C(=O)N1C=Cc2oncc2C1. The highest BCUT2D eigenvalue weighted by Gasteiger charge is 2.53. The van der Waals surface area contributed by atoms with E-state index in [0.29, 0.717) is 37.3 Å². The average Bonchev–Trinajstić information content (AvgIpc) is 3.63. The van der Waals surface area contributed by atoms with Crippen LogP contribution in [0.15, 0.2) is 41.2 Å². The van der Waals surface area contributed by atoms with Crippen LogP contribution >= 0.6 is 0 Å². The number of ketones is 1. The van der Waals surface area contributed by atoms with Gasteiger partial charge in [-0.2, -0.15) is 0 Å². The largest absolute Gasteiger partial charge is 0.378 e. The molecule has 4 heterocycles. The van der Waals surface area contributed by atoms with Gasteiger partial charge < -0.3 is 24.5 Å². The van der Waals surface area contributed by atoms with Crippen molar-refractivity contribution in [3.8, 4) is 0 Å². The highest BCUT2D eigenvalue weighted by atomic mass is 16.5. The smallest absolute Gasteiger partial charge is 0.325 e. The number of amides is 4. The van der Waals surface area contributed by atoms with Gasteiger partial charge in [-0.05, 0) is 43.0 Å². The van der Waals surface area contributed by atoms with Crippen LogP contribution < -0.4 is 10.2 Å². The maximum atomic E-state index is 13.8. The molecule has 0 saturated carbocycles. The predicted molar refractivity (Wildman–Crippen MR) is 144 cm³/mol. The number of hydrogen-bond donors (Lipinski definition) is 1. The maximum absolute atomic E-state index is 13.8. The van der Waals surface area contributed by atoms with Crippen LogP contribution in [0.5, 0.6) is 0 Å². The number of aromatic nitrogens is 1. The molecular formula is C28H34N6O5. The van der Waals surface area contributed by atoms with Crippen molar-refractivity contribution in [3.63, 3.8) is 0 Å². The minimum absolute atomic E-state index is 0.0573. The summed E-state index contributed by atoms with van der Waals surface area (Å²) in [7, 11) is 3.84. The van der Waals surface area contributed by atoms with Crippen molar-refractivity contribution in [2.45, 2.75) is 51.4 Å². The number of fused-ring (bicyclic) bond motifs is 2. The van der Waals surface area contributed by atoms with Crippen LogP contribution in [-0.4, -0.2) is 88.8 Å². The van der Waals surface area contributed by atoms with Crippen molar-refractivity contribution in [2.75, 3.05) is 32.1 Å². The number of likely N-dealkylation sites (tertiary alicyclic amines) is 2. The topological polar surface area (TPSA) is 119 Å². The summed E-state index contributed by atoms with van der Waals surface area (Å²) < 4.78 is 5.14. The highest BCUT2D eigenvalue weighted by Crippen LogP contribution is 2.32. The van der Waals surface area contributed by atoms with Crippen LogP contribution in [-0.2, 0) is 16.1 Å². The molecule has 11 heteroatoms. The molecule has 206 valence electrons. The first-order chi connectivity index (χ1) is 18.6. The lowest BCUT2D eigenvalue weighted by molar-refractivity contribution is -0.138. The molecule has 39 heavy (non-hydrogen) atoms. The van der Waals surface area contributed by atoms with E-state index in [1.165, 1.54) is 4.90 Å². The molecule has 11 nitrogen and oxygen atoms in total. The van der Waals surface area contributed by atoms with E-state index in [0.717, 1.165) is 11.3 Å². The summed E-state index contributed by atoms with van der Waals surface area (Å²) in [5.41, 5.74) is 2.21. The number of urea groups is 1. The van der Waals surface area contributed by atoms with Crippen molar-refractivity contribution >= 4 is 35.4 Å². The van der Waals surface area contributed by atoms with E-state index in [9.17, 15) is 19.2 Å². The van der Waals surface area contributed by atoms with Gasteiger partial charge in [-0.3, -0.25) is 19.3 Å². The normalized spacial score (nSPS) is 20.7. The van der Waals surface area contributed by atoms with Crippen molar-refractivity contribution in [1.82, 2.24) is 25.2 Å². The van der Waals surface area contributed by atoms with E-state index in [1.54, 1.807) is 40.4 Å². The van der Waals surface area contributed by atoms with Crippen LogP contribution in [0, 0.1) is 5.92 Å². The molecule has 2 fully saturated rings. The second-order valence-corrected chi connectivity index (χ2v) is 11.0. The van der Waals surface area contributed by atoms with Gasteiger partial charge in [-0.1, -0.05) is 19.0 Å². The van der Waals surface area contributed by atoms with Gasteiger partial charge in [0, 0.05) is 49.7 Å². The Morgan fingerprint density at radius 1 is 1.13 bits per heavy atom. The third kappa shape index (κ3) is 5.13. The first-order valence-electron chi connectivity index (χ1n) is 13.2. The molecule has 3 aliphatic rings. The van der Waals surface area contributed by atoms with Crippen LogP contribution in [0.25, 0.3) is 6.08 Å². The molecule has 1 aromatic carbocycles. The zero-order valence-corrected chi connectivity index (χ0v) is 22.7. The van der Waals surface area contributed by atoms with E-state index < -0.39 is 18.1 Å². The fourth-order valence-corrected chi connectivity index (χ4v) is 5.59. The summed E-state index contributed by atoms with van der Waals surface area (Å²) in [6.45, 7) is 4.56. The van der Waals surface area contributed by atoms with Crippen molar-refractivity contribution in [3.05, 3.63) is 53.5 Å². The molecule has 5 rings (SSSR count). The molecule has 4 amide bonds. The summed E-state index contributed by atoms with van der Waals surface area (Å²) in [5.74, 6) is -0.0447. The molecule has 3 aliphatic heterocycles. The summed E-state index contributed by atoms with van der Waals surface area (Å²) in [4.78, 5) is 60.0. The molecular weight excluding hydrogens is 500 g/mol. The zero-order chi connectivity index (χ0) is 27.8. The number of nitrogens with one attached hydrogen (secondary N) is 1. The third-order valence-corrected chi connectivity index (χ3v) is 7.58. The van der Waals surface area contributed by atoms with E-state index in [1.807, 2.05) is 45.0 Å². The minimum Gasteiger partial charge on any atom is -0.378 e. The van der Waals surface area contributed by atoms with E-state index in [-0.39, 0.29) is 36.1 Å². The molecule has 0 aliphatic carbocycles. The number of rotatable bonds is 6. The lowest BCUT2D eigenvalue weighted by Gasteiger charge is -2.30. The number of nitrogens with zero attached hydrogens (tertiary/aromatic N) is 5. The molecule has 1 N–H and O–H groups in total. The Morgan fingerprint density at radius 3 is 2.56 bits per heavy atom. The molecule has 0 unspecified atom stereocenters. The van der Waals surface area contributed by atoms with Gasteiger partial charge in [-0.25, -0.2) is 4.79 Å². The second-order valence-electron chi connectivity index (χ2n) is 11.0. The van der Waals surface area contributed by atoms with Gasteiger partial charge in [0.1, 0.15) is 12.1 Å². The third-order valence-electron chi connectivity index (χ3n) is 7.58. The second kappa shape index (κ2) is 10.5. The fourth-order valence-electron chi connectivity index (χ4n) is 5.59. The summed E-state index contributed by atoms with van der Waals surface area (Å²) in [6, 6.07) is 4.98. The minimum atomic E-state index is -0.778. The van der Waals surface area contributed by atoms with E-state index in [4.69, 9.17) is 4.52 Å². The molecule has 2 aromatic rings. The van der Waals surface area contributed by atoms with Crippen molar-refractivity contribution in [1.29, 1.82) is 0 Å². The molecule has 2 saturated heterocycles. The zero-order valence-electron chi connectivity index (χ0n) is 22.7. The summed E-state index contributed by atoms with van der Waals surface area (Å²) in [5, 5.41) is 6.68. The number of hydrogen-bond acceptors (Lipinski definition) is 7. The Kier molecular flexibility index (Phi) is 7.16. The summed E-state index contributed by atoms with van der Waals surface area (Å²) in [6.07, 6.45) is 5.82. The van der Waals surface area contributed by atoms with Gasteiger partial charge >= 0.3 is 6.03 Å². The fraction of sp³-hybridized carbons (Fsp3) is 0.464. The van der Waals surface area contributed by atoms with Gasteiger partial charge in [0.25, 0.3) is 5.91 Å². The maximum Gasteiger partial charge on any atom is 0.325 e. The molecule has 0 radical (unpaired) electrons. The summed E-state index contributed by atoms with van der Waals surface area (Å²) >= 11 is 0. The quantitative estimate of drug-likeness (QED) is 0.604. The highest BCUT2D eigenvalue weighted by molar-refractivity contribution is 6.01. The Balaban J connectivity index is 1.29. The van der Waals surface area contributed by atoms with Gasteiger partial charge in [0.15, 0.2) is 11.5 Å². The molecule has 0 spiro atoms. The predicted octanol–water partition coefficient (Wildman–Crippen LogP) is 2.35. The van der Waals surface area contributed by atoms with Crippen LogP contribution in [0.4, 0.5) is 10.5 Å². The first-order valence-corrected chi connectivity index (χ1v) is 13.2. The first kappa shape index (κ1) is 26.5. The van der Waals surface area contributed by atoms with Crippen molar-refractivity contribution in [2.24, 2.45) is 5.92 Å². The Hall–Kier alpha value is -4.15. The van der Waals surface area contributed by atoms with Gasteiger partial charge in [-0.15, -0.1) is 0 Å². The van der Waals surface area contributed by atoms with Gasteiger partial charge in [0.2, 0.25) is 5.91 Å². The van der Waals surface area contributed by atoms with Crippen LogP contribution in [0.3, 0.4) is 0 Å². The number of carbonyl (C=O) groups is 4. The Morgan fingerprint density at radius 2 is 1.87 bits per heavy atom. The standard InChI is InChI=1S/C28H34N6O5/c1-17(2)13-21(30-26(36)18-5-7-20(8-6-18)31(3)4)27(37)33-12-9-22-25(33)23(35)16-34(22)28(38)32-11-10-24-19(15-32)14-29-39-24/h5-8,10-11,14,17,21-22,25H,9,12-13,15-16H2,1-4H3,(H,30,36)/t21-,22+,25-/m0/s1. The Bertz CT molecular complexity index is 1300. The number of anilines is 1. The molecule has 3 atom stereocenters. The van der Waals surface area contributed by atoms with Crippen LogP contribution in [0.1, 0.15) is 48.4 Å². The molecule has 0 bridgehead atoms. The number of benzene rings is 1.